The van der Waals surface area contributed by atoms with E-state index in [0.29, 0.717) is 0 Å². The zero-order chi connectivity index (χ0) is 20.0. The standard InChI is InChI=1S/C9H6ClF12IO/c10-9(21,22)8(19,20)7(17,18)6(15,16)5(13,14)4(11,12)1-3(23)2-24/h3,24H,1-2H2. The highest BCUT2D eigenvalue weighted by Gasteiger charge is 2.89. The maximum absolute atomic E-state index is 13.2. The number of halogens is 14. The van der Waals surface area contributed by atoms with Crippen LogP contribution in [0.4, 0.5) is 52.7 Å². The Labute approximate surface area is 144 Å². The average Bonchev–Trinajstić information content (AvgIpc) is 2.35. The molecule has 1 unspecified atom stereocenters. The van der Waals surface area contributed by atoms with E-state index in [0.717, 1.165) is 22.6 Å². The molecule has 0 saturated heterocycles. The van der Waals surface area contributed by atoms with Gasteiger partial charge in [0, 0.05) is 10.3 Å². The Morgan fingerprint density at radius 3 is 1.33 bits per heavy atom. The summed E-state index contributed by atoms with van der Waals surface area (Å²) < 4.78 is 153. The van der Waals surface area contributed by atoms with E-state index in [4.69, 9.17) is 5.11 Å². The van der Waals surface area contributed by atoms with Crippen molar-refractivity contribution in [3.05, 3.63) is 0 Å². The highest BCUT2D eigenvalue weighted by molar-refractivity contribution is 14.1. The summed E-state index contributed by atoms with van der Waals surface area (Å²) in [5.74, 6) is -35.8. The van der Waals surface area contributed by atoms with Crippen LogP contribution in [-0.2, 0) is 0 Å². The first-order chi connectivity index (χ1) is 10.2. The minimum atomic E-state index is -7.64. The first kappa shape index (κ1) is 24.1. The largest absolute Gasteiger partial charge is 0.395 e. The molecular formula is C9H6ClF12IO. The molecule has 0 aliphatic heterocycles. The minimum absolute atomic E-state index is 0.864. The molecule has 146 valence electrons. The molecule has 0 saturated carbocycles. The molecule has 24 heavy (non-hydrogen) atoms. The summed E-state index contributed by atoms with van der Waals surface area (Å²) in [7, 11) is 0. The van der Waals surface area contributed by atoms with Gasteiger partial charge in [0.05, 0.1) is 6.61 Å². The third-order valence-electron chi connectivity index (χ3n) is 2.67. The molecule has 0 aromatic heterocycles. The lowest BCUT2D eigenvalue weighted by Gasteiger charge is -2.40. The van der Waals surface area contributed by atoms with Crippen molar-refractivity contribution in [3.8, 4) is 0 Å². The van der Waals surface area contributed by atoms with Gasteiger partial charge in [-0.05, 0) is 11.6 Å². The highest BCUT2D eigenvalue weighted by Crippen LogP contribution is 2.61. The van der Waals surface area contributed by atoms with Crippen LogP contribution in [0.25, 0.3) is 0 Å². The molecule has 0 fully saturated rings. The lowest BCUT2D eigenvalue weighted by Crippen LogP contribution is -2.70. The van der Waals surface area contributed by atoms with E-state index >= 15 is 0 Å². The van der Waals surface area contributed by atoms with E-state index in [-0.39, 0.29) is 0 Å². The Morgan fingerprint density at radius 1 is 0.708 bits per heavy atom. The van der Waals surface area contributed by atoms with E-state index in [1.807, 2.05) is 0 Å². The van der Waals surface area contributed by atoms with E-state index in [9.17, 15) is 52.7 Å². The molecule has 1 N–H and O–H groups in total. The van der Waals surface area contributed by atoms with Crippen LogP contribution in [0.1, 0.15) is 6.42 Å². The van der Waals surface area contributed by atoms with Crippen molar-refractivity contribution in [1.29, 1.82) is 0 Å². The van der Waals surface area contributed by atoms with Crippen molar-refractivity contribution in [3.63, 3.8) is 0 Å². The number of hydrogen-bond acceptors (Lipinski definition) is 1. The average molecular weight is 520 g/mol. The fourth-order valence-corrected chi connectivity index (χ4v) is 1.94. The topological polar surface area (TPSA) is 20.2 Å². The predicted octanol–water partition coefficient (Wildman–Crippen LogP) is 5.18. The summed E-state index contributed by atoms with van der Waals surface area (Å²) in [5, 5.41) is 1.96. The van der Waals surface area contributed by atoms with Crippen LogP contribution in [0.2, 0.25) is 0 Å². The molecule has 0 aliphatic rings. The summed E-state index contributed by atoms with van der Waals surface area (Å²) in [6.07, 6.45) is -2.33. The first-order valence-electron chi connectivity index (χ1n) is 5.41. The van der Waals surface area contributed by atoms with Crippen LogP contribution in [0.3, 0.4) is 0 Å². The Balaban J connectivity index is 6.11. The van der Waals surface area contributed by atoms with Gasteiger partial charge in [0.2, 0.25) is 0 Å². The third kappa shape index (κ3) is 3.64. The first-order valence-corrected chi connectivity index (χ1v) is 7.03. The fourth-order valence-electron chi connectivity index (χ4n) is 1.27. The zero-order valence-electron chi connectivity index (χ0n) is 10.7. The second-order valence-electron chi connectivity index (χ2n) is 4.48. The third-order valence-corrected chi connectivity index (χ3v) is 3.75. The zero-order valence-corrected chi connectivity index (χ0v) is 13.6. The molecule has 0 aliphatic carbocycles. The van der Waals surface area contributed by atoms with E-state index in [1.165, 1.54) is 0 Å². The minimum Gasteiger partial charge on any atom is -0.395 e. The molecule has 1 atom stereocenters. The second-order valence-corrected chi connectivity index (χ2v) is 6.72. The Kier molecular flexibility index (Phi) is 6.74. The molecule has 0 aromatic carbocycles. The van der Waals surface area contributed by atoms with Crippen LogP contribution in [0.5, 0.6) is 0 Å². The maximum Gasteiger partial charge on any atom is 0.393 e. The summed E-state index contributed by atoms with van der Waals surface area (Å²) in [5.41, 5.74) is 0. The van der Waals surface area contributed by atoms with Crippen molar-refractivity contribution in [2.45, 2.75) is 45.3 Å². The van der Waals surface area contributed by atoms with Gasteiger partial charge in [-0.1, -0.05) is 22.6 Å². The summed E-state index contributed by atoms with van der Waals surface area (Å²) in [6.45, 7) is -1.27. The smallest absolute Gasteiger partial charge is 0.393 e. The van der Waals surface area contributed by atoms with Crippen molar-refractivity contribution < 1.29 is 57.8 Å². The predicted molar refractivity (Wildman–Crippen MR) is 65.0 cm³/mol. The Bertz CT molecular complexity index is 448. The van der Waals surface area contributed by atoms with Crippen molar-refractivity contribution >= 4 is 34.2 Å². The lowest BCUT2D eigenvalue weighted by atomic mass is 9.92. The van der Waals surface area contributed by atoms with Gasteiger partial charge < -0.3 is 5.11 Å². The van der Waals surface area contributed by atoms with E-state index in [2.05, 4.69) is 11.6 Å². The lowest BCUT2D eigenvalue weighted by molar-refractivity contribution is -0.417. The molecular weight excluding hydrogens is 514 g/mol. The summed E-state index contributed by atoms with van der Waals surface area (Å²) >= 11 is 4.39. The number of rotatable bonds is 8. The number of hydrogen-bond donors (Lipinski definition) is 1. The molecule has 0 amide bonds. The van der Waals surface area contributed by atoms with Gasteiger partial charge in [0.25, 0.3) is 0 Å². The van der Waals surface area contributed by atoms with Crippen LogP contribution in [0.15, 0.2) is 0 Å². The van der Waals surface area contributed by atoms with Crippen LogP contribution < -0.4 is 0 Å². The number of aliphatic hydroxyl groups is 1. The maximum atomic E-state index is 13.2. The van der Waals surface area contributed by atoms with E-state index < -0.39 is 51.9 Å². The summed E-state index contributed by atoms with van der Waals surface area (Å²) in [4.78, 5) is 0. The molecule has 0 heterocycles. The van der Waals surface area contributed by atoms with Crippen molar-refractivity contribution in [2.24, 2.45) is 0 Å². The molecule has 15 heteroatoms. The molecule has 0 rings (SSSR count). The quantitative estimate of drug-likeness (QED) is 0.266. The second kappa shape index (κ2) is 6.70. The molecule has 0 spiro atoms. The fraction of sp³-hybridized carbons (Fsp3) is 1.00. The molecule has 0 bridgehead atoms. The number of alkyl halides is 14. The van der Waals surface area contributed by atoms with Gasteiger partial charge in [-0.25, -0.2) is 0 Å². The van der Waals surface area contributed by atoms with Crippen LogP contribution >= 0.6 is 34.2 Å². The molecule has 0 radical (unpaired) electrons. The van der Waals surface area contributed by atoms with Gasteiger partial charge in [-0.2, -0.15) is 52.7 Å². The monoisotopic (exact) mass is 520 g/mol. The molecule has 0 aromatic rings. The van der Waals surface area contributed by atoms with Gasteiger partial charge in [-0.3, -0.25) is 0 Å². The Morgan fingerprint density at radius 2 is 1.04 bits per heavy atom. The van der Waals surface area contributed by atoms with Gasteiger partial charge >= 0.3 is 35.0 Å². The SMILES string of the molecule is OCC(I)CC(F)(F)C(F)(F)C(F)(F)C(F)(F)C(F)(F)C(F)(F)Cl. The van der Waals surface area contributed by atoms with Gasteiger partial charge in [0.15, 0.2) is 0 Å². The molecule has 1 nitrogen and oxygen atoms in total. The van der Waals surface area contributed by atoms with Crippen molar-refractivity contribution in [1.82, 2.24) is 0 Å². The highest BCUT2D eigenvalue weighted by atomic mass is 127. The van der Waals surface area contributed by atoms with Crippen molar-refractivity contribution in [2.75, 3.05) is 6.61 Å². The van der Waals surface area contributed by atoms with Crippen LogP contribution in [0, 0.1) is 0 Å². The number of aliphatic hydroxyl groups excluding tert-OH is 1. The summed E-state index contributed by atoms with van der Waals surface area (Å²) in [6, 6.07) is 0. The van der Waals surface area contributed by atoms with Gasteiger partial charge in [0.1, 0.15) is 0 Å². The van der Waals surface area contributed by atoms with Gasteiger partial charge in [-0.15, -0.1) is 0 Å². The van der Waals surface area contributed by atoms with E-state index in [1.54, 1.807) is 0 Å². The Hall–Kier alpha value is 0.140. The van der Waals surface area contributed by atoms with Crippen LogP contribution in [-0.4, -0.2) is 50.6 Å². The normalized spacial score (nSPS) is 17.1.